The maximum absolute atomic E-state index is 11.7. The van der Waals surface area contributed by atoms with Crippen molar-refractivity contribution < 1.29 is 13.2 Å². The molecule has 86 valence electrons. The normalized spacial score (nSPS) is 12.7. The molecule has 0 aliphatic carbocycles. The highest BCUT2D eigenvalue weighted by molar-refractivity contribution is 9.09. The third-order valence-corrected chi connectivity index (χ3v) is 4.14. The zero-order valence-corrected chi connectivity index (χ0v) is 11.3. The molecule has 14 heavy (non-hydrogen) atoms. The highest BCUT2D eigenvalue weighted by Crippen LogP contribution is 2.08. The molecule has 0 atom stereocenters. The van der Waals surface area contributed by atoms with Gasteiger partial charge in [-0.05, 0) is 13.8 Å². The Hall–Kier alpha value is 0.350. The molecule has 0 fully saturated rings. The Balaban J connectivity index is 4.46. The van der Waals surface area contributed by atoms with Crippen molar-refractivity contribution in [2.45, 2.75) is 19.9 Å². The van der Waals surface area contributed by atoms with Gasteiger partial charge in [-0.15, -0.1) is 0 Å². The minimum Gasteiger partial charge on any atom is -0.384 e. The van der Waals surface area contributed by atoms with Crippen molar-refractivity contribution in [2.75, 3.05) is 31.3 Å². The van der Waals surface area contributed by atoms with Crippen LogP contribution in [-0.2, 0) is 14.8 Å². The van der Waals surface area contributed by atoms with Gasteiger partial charge in [-0.3, -0.25) is 0 Å². The Morgan fingerprint density at radius 2 is 2.00 bits per heavy atom. The molecule has 0 amide bonds. The van der Waals surface area contributed by atoms with Crippen LogP contribution in [-0.4, -0.2) is 50.1 Å². The quantitative estimate of drug-likeness (QED) is 0.658. The summed E-state index contributed by atoms with van der Waals surface area (Å²) in [6.07, 6.45) is 0. The van der Waals surface area contributed by atoms with Crippen LogP contribution in [0.15, 0.2) is 0 Å². The first kappa shape index (κ1) is 14.3. The van der Waals surface area contributed by atoms with Crippen LogP contribution in [0.25, 0.3) is 0 Å². The van der Waals surface area contributed by atoms with E-state index in [0.29, 0.717) is 11.9 Å². The number of halogens is 1. The van der Waals surface area contributed by atoms with Gasteiger partial charge in [0.25, 0.3) is 0 Å². The van der Waals surface area contributed by atoms with Gasteiger partial charge in [-0.1, -0.05) is 15.9 Å². The van der Waals surface area contributed by atoms with Gasteiger partial charge < -0.3 is 4.74 Å². The zero-order valence-electron chi connectivity index (χ0n) is 8.86. The van der Waals surface area contributed by atoms with E-state index in [1.54, 1.807) is 0 Å². The standard InChI is InChI=1S/C8H18BrNO3S/c1-8(2)10(5-4-9)14(11,12)7-6-13-3/h8H,4-7H2,1-3H3. The predicted octanol–water partition coefficient (Wildman–Crippen LogP) is 1.07. The van der Waals surface area contributed by atoms with Gasteiger partial charge in [0, 0.05) is 25.0 Å². The van der Waals surface area contributed by atoms with Crippen LogP contribution >= 0.6 is 15.9 Å². The molecular weight excluding hydrogens is 270 g/mol. The lowest BCUT2D eigenvalue weighted by Crippen LogP contribution is -2.40. The fourth-order valence-corrected chi connectivity index (χ4v) is 3.35. The maximum atomic E-state index is 11.7. The molecule has 0 unspecified atom stereocenters. The third kappa shape index (κ3) is 4.72. The Labute approximate surface area is 94.8 Å². The summed E-state index contributed by atoms with van der Waals surface area (Å²) in [5.74, 6) is 0.0503. The average molecular weight is 288 g/mol. The summed E-state index contributed by atoms with van der Waals surface area (Å²) in [6, 6.07) is -0.00518. The monoisotopic (exact) mass is 287 g/mol. The highest BCUT2D eigenvalue weighted by Gasteiger charge is 2.23. The van der Waals surface area contributed by atoms with E-state index in [0.717, 1.165) is 0 Å². The lowest BCUT2D eigenvalue weighted by Gasteiger charge is -2.24. The first-order valence-electron chi connectivity index (χ1n) is 4.50. The molecule has 0 saturated carbocycles. The average Bonchev–Trinajstić information content (AvgIpc) is 2.10. The third-order valence-electron chi connectivity index (χ3n) is 1.78. The van der Waals surface area contributed by atoms with E-state index in [9.17, 15) is 8.42 Å². The lowest BCUT2D eigenvalue weighted by molar-refractivity contribution is 0.215. The van der Waals surface area contributed by atoms with Gasteiger partial charge in [0.2, 0.25) is 10.0 Å². The molecule has 0 N–H and O–H groups in total. The van der Waals surface area contributed by atoms with Crippen LogP contribution in [0.2, 0.25) is 0 Å². The summed E-state index contributed by atoms with van der Waals surface area (Å²) < 4.78 is 29.7. The van der Waals surface area contributed by atoms with Gasteiger partial charge in [0.1, 0.15) is 0 Å². The minimum absolute atomic E-state index is 0.00518. The molecular formula is C8H18BrNO3S. The summed E-state index contributed by atoms with van der Waals surface area (Å²) in [7, 11) is -1.67. The fraction of sp³-hybridized carbons (Fsp3) is 1.00. The van der Waals surface area contributed by atoms with Crippen LogP contribution in [0, 0.1) is 0 Å². The van der Waals surface area contributed by atoms with E-state index in [-0.39, 0.29) is 18.4 Å². The van der Waals surface area contributed by atoms with Crippen molar-refractivity contribution in [3.63, 3.8) is 0 Å². The molecule has 0 aliphatic rings. The number of nitrogens with zero attached hydrogens (tertiary/aromatic N) is 1. The number of ether oxygens (including phenoxy) is 1. The van der Waals surface area contributed by atoms with Crippen LogP contribution < -0.4 is 0 Å². The molecule has 0 aliphatic heterocycles. The van der Waals surface area contributed by atoms with Gasteiger partial charge in [0.05, 0.1) is 12.4 Å². The number of hydrogen-bond acceptors (Lipinski definition) is 3. The summed E-state index contributed by atoms with van der Waals surface area (Å²) in [4.78, 5) is 0. The molecule has 4 nitrogen and oxygen atoms in total. The van der Waals surface area contributed by atoms with Crippen LogP contribution in [0.5, 0.6) is 0 Å². The SMILES string of the molecule is COCCS(=O)(=O)N(CCBr)C(C)C. The van der Waals surface area contributed by atoms with E-state index in [2.05, 4.69) is 15.9 Å². The van der Waals surface area contributed by atoms with Gasteiger partial charge >= 0.3 is 0 Å². The maximum Gasteiger partial charge on any atom is 0.216 e. The number of sulfonamides is 1. The number of hydrogen-bond donors (Lipinski definition) is 0. The fourth-order valence-electron chi connectivity index (χ4n) is 1.11. The molecule has 0 aromatic carbocycles. The van der Waals surface area contributed by atoms with Crippen molar-refractivity contribution in [2.24, 2.45) is 0 Å². The summed E-state index contributed by atoms with van der Waals surface area (Å²) >= 11 is 3.24. The summed E-state index contributed by atoms with van der Waals surface area (Å²) in [5.41, 5.74) is 0. The van der Waals surface area contributed by atoms with Gasteiger partial charge in [-0.2, -0.15) is 4.31 Å². The molecule has 0 saturated heterocycles. The van der Waals surface area contributed by atoms with Crippen LogP contribution in [0.1, 0.15) is 13.8 Å². The van der Waals surface area contributed by atoms with E-state index in [4.69, 9.17) is 4.74 Å². The second-order valence-electron chi connectivity index (χ2n) is 3.20. The summed E-state index contributed by atoms with van der Waals surface area (Å²) in [6.45, 7) is 4.48. The van der Waals surface area contributed by atoms with E-state index in [1.807, 2.05) is 13.8 Å². The molecule has 6 heteroatoms. The minimum atomic E-state index is -3.17. The smallest absolute Gasteiger partial charge is 0.216 e. The number of alkyl halides is 1. The van der Waals surface area contributed by atoms with E-state index >= 15 is 0 Å². The Morgan fingerprint density at radius 1 is 1.43 bits per heavy atom. The highest BCUT2D eigenvalue weighted by atomic mass is 79.9. The first-order valence-corrected chi connectivity index (χ1v) is 7.23. The Kier molecular flexibility index (Phi) is 6.93. The molecule has 0 radical (unpaired) electrons. The van der Waals surface area contributed by atoms with Crippen molar-refractivity contribution in [3.05, 3.63) is 0 Å². The van der Waals surface area contributed by atoms with Crippen molar-refractivity contribution >= 4 is 26.0 Å². The Bertz CT molecular complexity index is 241. The largest absolute Gasteiger partial charge is 0.384 e. The van der Waals surface area contributed by atoms with Gasteiger partial charge in [0.15, 0.2) is 0 Å². The molecule has 0 heterocycles. The molecule has 0 aromatic heterocycles. The molecule has 0 aromatic rings. The van der Waals surface area contributed by atoms with Crippen LogP contribution in [0.4, 0.5) is 0 Å². The second-order valence-corrected chi connectivity index (χ2v) is 6.04. The molecule has 0 spiro atoms. The van der Waals surface area contributed by atoms with Crippen molar-refractivity contribution in [1.29, 1.82) is 0 Å². The number of rotatable bonds is 7. The zero-order chi connectivity index (χ0) is 11.2. The molecule has 0 rings (SSSR count). The molecule has 0 bridgehead atoms. The van der Waals surface area contributed by atoms with Crippen molar-refractivity contribution in [3.8, 4) is 0 Å². The van der Waals surface area contributed by atoms with Gasteiger partial charge in [-0.25, -0.2) is 8.42 Å². The van der Waals surface area contributed by atoms with E-state index < -0.39 is 10.0 Å². The predicted molar refractivity (Wildman–Crippen MR) is 61.3 cm³/mol. The topological polar surface area (TPSA) is 46.6 Å². The van der Waals surface area contributed by atoms with E-state index in [1.165, 1.54) is 11.4 Å². The summed E-state index contributed by atoms with van der Waals surface area (Å²) in [5, 5.41) is 0.650. The Morgan fingerprint density at radius 3 is 2.36 bits per heavy atom. The number of methoxy groups -OCH3 is 1. The second kappa shape index (κ2) is 6.76. The van der Waals surface area contributed by atoms with Crippen LogP contribution in [0.3, 0.4) is 0 Å². The van der Waals surface area contributed by atoms with Crippen molar-refractivity contribution in [1.82, 2.24) is 4.31 Å². The first-order chi connectivity index (χ1) is 6.45. The lowest BCUT2D eigenvalue weighted by atomic mass is 10.4.